The topological polar surface area (TPSA) is 112 Å². The zero-order valence-electron chi connectivity index (χ0n) is 15.5. The van der Waals surface area contributed by atoms with Crippen molar-refractivity contribution in [3.63, 3.8) is 0 Å². The smallest absolute Gasteiger partial charge is 0.338 e. The molecular formula is C20H19ClN2O5. The number of nitrogens with two attached hydrogens (primary N) is 1. The van der Waals surface area contributed by atoms with Crippen molar-refractivity contribution in [3.05, 3.63) is 69.8 Å². The molecule has 28 heavy (non-hydrogen) atoms. The summed E-state index contributed by atoms with van der Waals surface area (Å²) < 4.78 is 15.5. The Hall–Kier alpha value is -3.24. The molecule has 1 aromatic rings. The zero-order chi connectivity index (χ0) is 20.8. The fourth-order valence-corrected chi connectivity index (χ4v) is 2.88. The van der Waals surface area contributed by atoms with Gasteiger partial charge in [-0.3, -0.25) is 0 Å². The predicted molar refractivity (Wildman–Crippen MR) is 102 cm³/mol. The van der Waals surface area contributed by atoms with Crippen LogP contribution in [0, 0.1) is 11.3 Å². The Morgan fingerprint density at radius 2 is 1.96 bits per heavy atom. The van der Waals surface area contributed by atoms with Gasteiger partial charge in [-0.15, -0.1) is 0 Å². The number of carbonyl (C=O) groups is 2. The summed E-state index contributed by atoms with van der Waals surface area (Å²) in [5.74, 6) is -2.04. The molecule has 1 aliphatic heterocycles. The van der Waals surface area contributed by atoms with Crippen molar-refractivity contribution in [1.82, 2.24) is 0 Å². The summed E-state index contributed by atoms with van der Waals surface area (Å²) in [6, 6.07) is 8.78. The number of allylic oxidation sites excluding steroid dienone is 2. The lowest BCUT2D eigenvalue weighted by Gasteiger charge is -2.27. The second kappa shape index (κ2) is 9.11. The van der Waals surface area contributed by atoms with Gasteiger partial charge in [0.2, 0.25) is 5.88 Å². The highest BCUT2D eigenvalue weighted by molar-refractivity contribution is 6.31. The first-order valence-corrected chi connectivity index (χ1v) is 8.68. The van der Waals surface area contributed by atoms with E-state index in [9.17, 15) is 14.9 Å². The minimum absolute atomic E-state index is 0.0550. The molecule has 7 nitrogen and oxygen atoms in total. The molecule has 0 spiro atoms. The molecule has 1 heterocycles. The van der Waals surface area contributed by atoms with E-state index < -0.39 is 17.9 Å². The quantitative estimate of drug-likeness (QED) is 0.442. The summed E-state index contributed by atoms with van der Waals surface area (Å²) >= 11 is 6.28. The Morgan fingerprint density at radius 3 is 2.57 bits per heavy atom. The van der Waals surface area contributed by atoms with Gasteiger partial charge < -0.3 is 19.9 Å². The number of rotatable bonds is 6. The Labute approximate surface area is 167 Å². The molecule has 1 aliphatic rings. The van der Waals surface area contributed by atoms with Gasteiger partial charge in [-0.1, -0.05) is 36.4 Å². The maximum Gasteiger partial charge on any atom is 0.338 e. The van der Waals surface area contributed by atoms with E-state index in [2.05, 4.69) is 6.58 Å². The van der Waals surface area contributed by atoms with Crippen LogP contribution in [0.25, 0.3) is 0 Å². The van der Waals surface area contributed by atoms with E-state index in [4.69, 9.17) is 31.5 Å². The molecule has 0 fully saturated rings. The van der Waals surface area contributed by atoms with E-state index >= 15 is 0 Å². The molecule has 2 rings (SSSR count). The molecule has 1 unspecified atom stereocenters. The van der Waals surface area contributed by atoms with E-state index in [1.54, 1.807) is 31.2 Å². The van der Waals surface area contributed by atoms with Gasteiger partial charge >= 0.3 is 11.9 Å². The van der Waals surface area contributed by atoms with Crippen LogP contribution in [0.15, 0.2) is 59.2 Å². The van der Waals surface area contributed by atoms with Crippen molar-refractivity contribution in [1.29, 1.82) is 5.26 Å². The van der Waals surface area contributed by atoms with E-state index in [1.807, 2.05) is 6.07 Å². The largest absolute Gasteiger partial charge is 0.459 e. The van der Waals surface area contributed by atoms with Crippen molar-refractivity contribution >= 4 is 23.5 Å². The average Bonchev–Trinajstić information content (AvgIpc) is 2.64. The molecule has 2 N–H and O–H groups in total. The van der Waals surface area contributed by atoms with Gasteiger partial charge in [0.1, 0.15) is 30.6 Å². The molecule has 146 valence electrons. The summed E-state index contributed by atoms with van der Waals surface area (Å²) in [6.07, 6.45) is 0. The fraction of sp³-hybridized carbons (Fsp3) is 0.250. The van der Waals surface area contributed by atoms with Crippen LogP contribution < -0.4 is 5.73 Å². The number of nitriles is 1. The molecule has 0 saturated heterocycles. The Balaban J connectivity index is 2.27. The van der Waals surface area contributed by atoms with Gasteiger partial charge in [0.25, 0.3) is 0 Å². The molecule has 1 atom stereocenters. The summed E-state index contributed by atoms with van der Waals surface area (Å²) in [5.41, 5.74) is 6.76. The van der Waals surface area contributed by atoms with Crippen molar-refractivity contribution in [2.45, 2.75) is 19.8 Å². The van der Waals surface area contributed by atoms with Crippen LogP contribution in [0.1, 0.15) is 25.3 Å². The van der Waals surface area contributed by atoms with Crippen molar-refractivity contribution in [2.24, 2.45) is 5.73 Å². The normalized spacial score (nSPS) is 16.1. The summed E-state index contributed by atoms with van der Waals surface area (Å²) in [4.78, 5) is 24.1. The third-order valence-electron chi connectivity index (χ3n) is 3.94. The molecule has 0 radical (unpaired) electrons. The summed E-state index contributed by atoms with van der Waals surface area (Å²) in [5, 5.41) is 9.91. The van der Waals surface area contributed by atoms with Gasteiger partial charge in [-0.05, 0) is 25.5 Å². The number of hydrogen-bond acceptors (Lipinski definition) is 7. The van der Waals surface area contributed by atoms with Crippen LogP contribution in [0.3, 0.4) is 0 Å². The van der Waals surface area contributed by atoms with Crippen LogP contribution in [0.4, 0.5) is 0 Å². The molecule has 0 amide bonds. The molecule has 8 heteroatoms. The number of ether oxygens (including phenoxy) is 3. The highest BCUT2D eigenvalue weighted by atomic mass is 35.5. The maximum absolute atomic E-state index is 12.7. The second-order valence-electron chi connectivity index (χ2n) is 5.97. The molecule has 0 aliphatic carbocycles. The lowest BCUT2D eigenvalue weighted by molar-refractivity contribution is -0.147. The molecule has 0 aromatic heterocycles. The average molecular weight is 403 g/mol. The van der Waals surface area contributed by atoms with E-state index in [0.29, 0.717) is 10.6 Å². The molecule has 0 bridgehead atoms. The van der Waals surface area contributed by atoms with E-state index in [-0.39, 0.29) is 41.6 Å². The van der Waals surface area contributed by atoms with Crippen molar-refractivity contribution in [2.75, 3.05) is 13.2 Å². The SMILES string of the molecule is C=C(C)C(=O)OCCOC(=O)C1=C(C)OC(N)=C(C#N)C1c1ccccc1Cl. The lowest BCUT2D eigenvalue weighted by atomic mass is 9.83. The van der Waals surface area contributed by atoms with Crippen LogP contribution in [0.5, 0.6) is 0 Å². The standard InChI is InChI=1S/C20H19ClN2O5/c1-11(2)19(24)26-8-9-27-20(25)16-12(3)28-18(23)14(10-22)17(16)13-6-4-5-7-15(13)21/h4-7,17H,1,8-9,23H2,2-3H3. The lowest BCUT2D eigenvalue weighted by Crippen LogP contribution is -2.26. The Bertz CT molecular complexity index is 927. The number of halogens is 1. The minimum atomic E-state index is -0.835. The number of benzene rings is 1. The molecule has 1 aromatic carbocycles. The molecular weight excluding hydrogens is 384 g/mol. The monoisotopic (exact) mass is 402 g/mol. The Kier molecular flexibility index (Phi) is 6.85. The van der Waals surface area contributed by atoms with Gasteiger partial charge in [-0.25, -0.2) is 9.59 Å². The number of hydrogen-bond donors (Lipinski definition) is 1. The zero-order valence-corrected chi connectivity index (χ0v) is 16.2. The molecule has 0 saturated carbocycles. The van der Waals surface area contributed by atoms with Gasteiger partial charge in [0.05, 0.1) is 11.5 Å². The first-order valence-electron chi connectivity index (χ1n) is 8.30. The number of esters is 2. The van der Waals surface area contributed by atoms with Gasteiger partial charge in [-0.2, -0.15) is 5.26 Å². The summed E-state index contributed by atoms with van der Waals surface area (Å²) in [6.45, 7) is 6.21. The predicted octanol–water partition coefficient (Wildman–Crippen LogP) is 3.08. The van der Waals surface area contributed by atoms with Crippen LogP contribution in [-0.4, -0.2) is 25.2 Å². The fourth-order valence-electron chi connectivity index (χ4n) is 2.64. The van der Waals surface area contributed by atoms with Crippen molar-refractivity contribution < 1.29 is 23.8 Å². The first-order chi connectivity index (χ1) is 13.3. The number of carbonyl (C=O) groups excluding carboxylic acids is 2. The number of nitrogens with zero attached hydrogens (tertiary/aromatic N) is 1. The highest BCUT2D eigenvalue weighted by Gasteiger charge is 2.37. The Morgan fingerprint density at radius 1 is 1.32 bits per heavy atom. The summed E-state index contributed by atoms with van der Waals surface area (Å²) in [7, 11) is 0. The van der Waals surface area contributed by atoms with E-state index in [0.717, 1.165) is 0 Å². The van der Waals surface area contributed by atoms with Gasteiger partial charge in [0.15, 0.2) is 0 Å². The van der Waals surface area contributed by atoms with Crippen LogP contribution in [-0.2, 0) is 23.8 Å². The van der Waals surface area contributed by atoms with E-state index in [1.165, 1.54) is 6.92 Å². The second-order valence-corrected chi connectivity index (χ2v) is 6.38. The third-order valence-corrected chi connectivity index (χ3v) is 4.28. The van der Waals surface area contributed by atoms with Crippen molar-refractivity contribution in [3.8, 4) is 6.07 Å². The van der Waals surface area contributed by atoms with Crippen LogP contribution >= 0.6 is 11.6 Å². The third kappa shape index (κ3) is 4.53. The minimum Gasteiger partial charge on any atom is -0.459 e. The van der Waals surface area contributed by atoms with Gasteiger partial charge in [0, 0.05) is 10.6 Å². The highest BCUT2D eigenvalue weighted by Crippen LogP contribution is 2.41. The maximum atomic E-state index is 12.7. The first kappa shape index (κ1) is 21.1. The van der Waals surface area contributed by atoms with Crippen LogP contribution in [0.2, 0.25) is 5.02 Å².